The molecule has 19 heavy (non-hydrogen) atoms. The van der Waals surface area contributed by atoms with Crippen LogP contribution in [0.2, 0.25) is 0 Å². The third-order valence-electron chi connectivity index (χ3n) is 2.73. The third-order valence-corrected chi connectivity index (χ3v) is 4.12. The monoisotopic (exact) mass is 275 g/mol. The molecule has 0 bridgehead atoms. The maximum Gasteiger partial charge on any atom is 0.251 e. The van der Waals surface area contributed by atoms with Crippen LogP contribution < -0.4 is 11.3 Å². The molecule has 0 aliphatic carbocycles. The maximum absolute atomic E-state index is 11.3. The Kier molecular flexibility index (Phi) is 4.39. The maximum atomic E-state index is 11.3. The van der Waals surface area contributed by atoms with E-state index in [1.165, 1.54) is 29.6 Å². The van der Waals surface area contributed by atoms with Crippen LogP contribution in [0, 0.1) is 6.92 Å². The number of hydrogen-bond donors (Lipinski definition) is 2. The molecule has 0 radical (unpaired) electrons. The Balaban J connectivity index is 2.29. The lowest BCUT2D eigenvalue weighted by Crippen LogP contribution is -2.23. The highest BCUT2D eigenvalue weighted by Crippen LogP contribution is 2.35. The van der Waals surface area contributed by atoms with Crippen LogP contribution in [0.3, 0.4) is 0 Å². The number of aryl methyl sites for hydroxylation is 1. The number of hydrogen-bond acceptors (Lipinski definition) is 4. The topological polar surface area (TPSA) is 71.8 Å². The fourth-order valence-corrected chi connectivity index (χ4v) is 2.88. The van der Waals surface area contributed by atoms with Crippen LogP contribution >= 0.6 is 11.8 Å². The van der Waals surface area contributed by atoms with Crippen LogP contribution in [0.1, 0.15) is 23.3 Å². The van der Waals surface area contributed by atoms with Gasteiger partial charge in [0.15, 0.2) is 5.16 Å². The SMILES string of the molecule is Cc1cccc(C(Sc2nccc(=O)[nH]2)C(C)N)c1. The highest BCUT2D eigenvalue weighted by atomic mass is 32.2. The molecular formula is C14H17N3OS. The minimum Gasteiger partial charge on any atom is -0.327 e. The van der Waals surface area contributed by atoms with Crippen molar-refractivity contribution in [3.8, 4) is 0 Å². The van der Waals surface area contributed by atoms with E-state index in [0.717, 1.165) is 5.56 Å². The first-order chi connectivity index (χ1) is 9.06. The molecule has 3 N–H and O–H groups in total. The van der Waals surface area contributed by atoms with E-state index in [1.54, 1.807) is 0 Å². The van der Waals surface area contributed by atoms with E-state index >= 15 is 0 Å². The van der Waals surface area contributed by atoms with Crippen molar-refractivity contribution in [1.82, 2.24) is 9.97 Å². The number of rotatable bonds is 4. The molecule has 4 nitrogen and oxygen atoms in total. The van der Waals surface area contributed by atoms with Gasteiger partial charge in [-0.3, -0.25) is 4.79 Å². The van der Waals surface area contributed by atoms with Crippen molar-refractivity contribution in [1.29, 1.82) is 0 Å². The minimum absolute atomic E-state index is 0.0442. The second kappa shape index (κ2) is 6.04. The van der Waals surface area contributed by atoms with Gasteiger partial charge in [0.1, 0.15) is 0 Å². The van der Waals surface area contributed by atoms with Crippen molar-refractivity contribution in [2.45, 2.75) is 30.3 Å². The zero-order valence-corrected chi connectivity index (χ0v) is 11.8. The second-order valence-electron chi connectivity index (χ2n) is 4.55. The zero-order valence-electron chi connectivity index (χ0n) is 11.0. The van der Waals surface area contributed by atoms with E-state index in [9.17, 15) is 4.79 Å². The van der Waals surface area contributed by atoms with Gasteiger partial charge in [0.05, 0.1) is 5.25 Å². The van der Waals surface area contributed by atoms with E-state index < -0.39 is 0 Å². The van der Waals surface area contributed by atoms with Crippen molar-refractivity contribution in [2.24, 2.45) is 5.73 Å². The van der Waals surface area contributed by atoms with Gasteiger partial charge in [-0.15, -0.1) is 0 Å². The highest BCUT2D eigenvalue weighted by Gasteiger charge is 2.18. The smallest absolute Gasteiger partial charge is 0.251 e. The summed E-state index contributed by atoms with van der Waals surface area (Å²) in [5.74, 6) is 0. The molecule has 0 saturated carbocycles. The Labute approximate surface area is 116 Å². The lowest BCUT2D eigenvalue weighted by atomic mass is 10.0. The standard InChI is InChI=1S/C14H17N3OS/c1-9-4-3-5-11(8-9)13(10(2)15)19-14-16-7-6-12(18)17-14/h3-8,10,13H,15H2,1-2H3,(H,16,17,18). The van der Waals surface area contributed by atoms with Gasteiger partial charge in [0, 0.05) is 18.3 Å². The number of thioether (sulfide) groups is 1. The average molecular weight is 275 g/mol. The number of nitrogens with one attached hydrogen (secondary N) is 1. The lowest BCUT2D eigenvalue weighted by molar-refractivity contribution is 0.717. The molecule has 1 heterocycles. The van der Waals surface area contributed by atoms with E-state index in [2.05, 4.69) is 35.1 Å². The third kappa shape index (κ3) is 3.68. The van der Waals surface area contributed by atoms with Crippen molar-refractivity contribution in [2.75, 3.05) is 0 Å². The van der Waals surface area contributed by atoms with Crippen LogP contribution in [0.15, 0.2) is 46.5 Å². The lowest BCUT2D eigenvalue weighted by Gasteiger charge is -2.20. The first-order valence-corrected chi connectivity index (χ1v) is 6.98. The van der Waals surface area contributed by atoms with Crippen LogP contribution in [-0.4, -0.2) is 16.0 Å². The van der Waals surface area contributed by atoms with Crippen molar-refractivity contribution >= 4 is 11.8 Å². The summed E-state index contributed by atoms with van der Waals surface area (Å²) in [7, 11) is 0. The van der Waals surface area contributed by atoms with Gasteiger partial charge in [0.2, 0.25) is 0 Å². The molecule has 2 rings (SSSR count). The molecule has 0 saturated heterocycles. The largest absolute Gasteiger partial charge is 0.327 e. The van der Waals surface area contributed by atoms with E-state index in [1.807, 2.05) is 13.0 Å². The summed E-state index contributed by atoms with van der Waals surface area (Å²) in [4.78, 5) is 18.2. The first-order valence-electron chi connectivity index (χ1n) is 6.10. The van der Waals surface area contributed by atoms with Crippen LogP contribution in [0.25, 0.3) is 0 Å². The number of aromatic nitrogens is 2. The second-order valence-corrected chi connectivity index (χ2v) is 5.68. The van der Waals surface area contributed by atoms with E-state index in [-0.39, 0.29) is 16.9 Å². The minimum atomic E-state index is -0.148. The highest BCUT2D eigenvalue weighted by molar-refractivity contribution is 7.99. The molecule has 1 aromatic heterocycles. The summed E-state index contributed by atoms with van der Waals surface area (Å²) in [5.41, 5.74) is 8.25. The Morgan fingerprint density at radius 2 is 2.16 bits per heavy atom. The van der Waals surface area contributed by atoms with E-state index in [4.69, 9.17) is 5.73 Å². The molecule has 0 amide bonds. The molecule has 0 fully saturated rings. The molecular weight excluding hydrogens is 258 g/mol. The summed E-state index contributed by atoms with van der Waals surface area (Å²) in [6, 6.07) is 9.59. The Morgan fingerprint density at radius 1 is 1.37 bits per heavy atom. The summed E-state index contributed by atoms with van der Waals surface area (Å²) in [6.07, 6.45) is 1.51. The number of nitrogens with two attached hydrogens (primary N) is 1. The van der Waals surface area contributed by atoms with Gasteiger partial charge in [-0.05, 0) is 19.4 Å². The van der Waals surface area contributed by atoms with Gasteiger partial charge in [0.25, 0.3) is 5.56 Å². The summed E-state index contributed by atoms with van der Waals surface area (Å²) in [6.45, 7) is 4.01. The van der Waals surface area contributed by atoms with Crippen molar-refractivity contribution in [3.63, 3.8) is 0 Å². The number of nitrogens with zero attached hydrogens (tertiary/aromatic N) is 1. The van der Waals surface area contributed by atoms with Crippen LogP contribution in [0.5, 0.6) is 0 Å². The zero-order chi connectivity index (χ0) is 13.8. The van der Waals surface area contributed by atoms with Gasteiger partial charge >= 0.3 is 0 Å². The molecule has 100 valence electrons. The normalized spacial score (nSPS) is 14.1. The van der Waals surface area contributed by atoms with Crippen LogP contribution in [-0.2, 0) is 0 Å². The quantitative estimate of drug-likeness (QED) is 0.663. The number of benzene rings is 1. The summed E-state index contributed by atoms with van der Waals surface area (Å²) >= 11 is 1.48. The van der Waals surface area contributed by atoms with E-state index in [0.29, 0.717) is 5.16 Å². The van der Waals surface area contributed by atoms with Crippen molar-refractivity contribution < 1.29 is 0 Å². The fraction of sp³-hybridized carbons (Fsp3) is 0.286. The van der Waals surface area contributed by atoms with Crippen molar-refractivity contribution in [3.05, 3.63) is 58.0 Å². The molecule has 2 aromatic rings. The number of aromatic amines is 1. The van der Waals surface area contributed by atoms with Gasteiger partial charge < -0.3 is 10.7 Å². The van der Waals surface area contributed by atoms with Gasteiger partial charge in [-0.1, -0.05) is 41.6 Å². The summed E-state index contributed by atoms with van der Waals surface area (Å²) < 4.78 is 0. The molecule has 0 spiro atoms. The van der Waals surface area contributed by atoms with Gasteiger partial charge in [-0.2, -0.15) is 0 Å². The Morgan fingerprint density at radius 3 is 2.79 bits per heavy atom. The molecule has 2 unspecified atom stereocenters. The Bertz CT molecular complexity index is 609. The van der Waals surface area contributed by atoms with Gasteiger partial charge in [-0.25, -0.2) is 4.98 Å². The summed E-state index contributed by atoms with van der Waals surface area (Å²) in [5, 5.41) is 0.654. The first kappa shape index (κ1) is 13.8. The molecule has 0 aliphatic heterocycles. The van der Waals surface area contributed by atoms with Crippen LogP contribution in [0.4, 0.5) is 0 Å². The molecule has 1 aromatic carbocycles. The molecule has 0 aliphatic rings. The molecule has 2 atom stereocenters. The Hall–Kier alpha value is -1.59. The average Bonchev–Trinajstić information content (AvgIpc) is 2.35. The molecule has 5 heteroatoms. The fourth-order valence-electron chi connectivity index (χ4n) is 1.86. The number of H-pyrrole nitrogens is 1. The predicted molar refractivity (Wildman–Crippen MR) is 78.3 cm³/mol. The predicted octanol–water partition coefficient (Wildman–Crippen LogP) is 2.26.